The van der Waals surface area contributed by atoms with E-state index in [1.165, 1.54) is 0 Å². The first kappa shape index (κ1) is 59.8. The summed E-state index contributed by atoms with van der Waals surface area (Å²) in [5.41, 5.74) is 17.9. The van der Waals surface area contributed by atoms with Gasteiger partial charge in [0, 0.05) is 75.5 Å². The van der Waals surface area contributed by atoms with Gasteiger partial charge >= 0.3 is 51.4 Å². The Morgan fingerprint density at radius 3 is 0.812 bits per heavy atom. The second-order valence-corrected chi connectivity index (χ2v) is 32.3. The predicted octanol–water partition coefficient (Wildman–Crippen LogP) is 5.49. The molecule has 64 heavy (non-hydrogen) atoms. The Morgan fingerprint density at radius 1 is 0.406 bits per heavy atom. The van der Waals surface area contributed by atoms with E-state index in [9.17, 15) is 0 Å². The van der Waals surface area contributed by atoms with E-state index in [0.29, 0.717) is 0 Å². The van der Waals surface area contributed by atoms with E-state index in [0.717, 1.165) is 72.5 Å². The van der Waals surface area contributed by atoms with E-state index in [1.807, 2.05) is 85.2 Å². The van der Waals surface area contributed by atoms with Crippen molar-refractivity contribution in [1.29, 1.82) is 0 Å². The van der Waals surface area contributed by atoms with Crippen LogP contribution in [-0.4, -0.2) is 66.3 Å². The summed E-state index contributed by atoms with van der Waals surface area (Å²) < 4.78 is 1.94. The molecule has 0 spiro atoms. The standard InChI is InChI=1S/C20H24N2Si2.C14H8N2.C10H6Br2N2.C5H10Si.CH4O.FH.K/c1-23(2,3)13-11-17-7-9-19(21-15-17)20-10-8-18(16-22-20)12-14-24(4,5)6;1-3-11-5-7-13(15-9-11)14-8-6-12(4-2)10-16-14;11-7-1-3-9(13-5-7)10-4-2-8(12)6-14-10;1-5-6(2,3)4;1-2;;/h7-10,15-16H,1-6H3;1-2,5-10H;1-6H;1H,2-4H3;2H,1H3;1H;/q;;;;;;+1/p-1. The fourth-order valence-corrected chi connectivity index (χ4v) is 5.58. The Kier molecular flexibility index (Phi) is 28.2. The van der Waals surface area contributed by atoms with E-state index in [-0.39, 0.29) is 56.1 Å². The first-order valence-corrected chi connectivity index (χ1v) is 31.4. The monoisotopic (exact) mass is 1050 g/mol. The average molecular weight is 1060 g/mol. The Labute approximate surface area is 443 Å². The van der Waals surface area contributed by atoms with Gasteiger partial charge in [-0.05, 0) is 105 Å². The number of aromatic nitrogens is 6. The Balaban J connectivity index is 0.000000870. The fourth-order valence-electron chi connectivity index (χ4n) is 4.07. The third kappa shape index (κ3) is 24.8. The van der Waals surface area contributed by atoms with Gasteiger partial charge in [-0.15, -0.1) is 35.9 Å². The third-order valence-electron chi connectivity index (χ3n) is 7.23. The van der Waals surface area contributed by atoms with E-state index in [2.05, 4.69) is 161 Å². The number of hydrogen-bond acceptors (Lipinski definition) is 7. The van der Waals surface area contributed by atoms with Gasteiger partial charge < -0.3 is 9.81 Å². The van der Waals surface area contributed by atoms with Gasteiger partial charge in [-0.1, -0.05) is 82.6 Å². The van der Waals surface area contributed by atoms with Crippen molar-refractivity contribution in [3.63, 3.8) is 0 Å². The van der Waals surface area contributed by atoms with Crippen LogP contribution < -0.4 is 56.1 Å². The number of terminal acetylenes is 3. The van der Waals surface area contributed by atoms with Gasteiger partial charge in [-0.2, -0.15) is 0 Å². The van der Waals surface area contributed by atoms with E-state index >= 15 is 0 Å². The molecule has 7 nitrogen and oxygen atoms in total. The second kappa shape index (κ2) is 30.1. The molecule has 0 amide bonds. The zero-order valence-electron chi connectivity index (χ0n) is 38.4. The summed E-state index contributed by atoms with van der Waals surface area (Å²) in [6.45, 7) is 19.8. The van der Waals surface area contributed by atoms with Crippen molar-refractivity contribution < 1.29 is 61.2 Å². The molecule has 0 unspecified atom stereocenters. The van der Waals surface area contributed by atoms with Crippen LogP contribution in [0.4, 0.5) is 0 Å². The van der Waals surface area contributed by atoms with Gasteiger partial charge in [-0.3, -0.25) is 29.9 Å². The largest absolute Gasteiger partial charge is 1.00 e. The number of aliphatic hydroxyl groups is 1. The average Bonchev–Trinajstić information content (AvgIpc) is 3.27. The summed E-state index contributed by atoms with van der Waals surface area (Å²) >= 11 is 6.68. The molecule has 0 radical (unpaired) electrons. The van der Waals surface area contributed by atoms with Gasteiger partial charge in [0.05, 0.1) is 34.2 Å². The molecule has 0 aliphatic heterocycles. The Bertz CT molecular complexity index is 2400. The smallest absolute Gasteiger partial charge is 1.00 e. The molecular weight excluding hydrogens is 1000 g/mol. The van der Waals surface area contributed by atoms with Crippen LogP contribution in [0.25, 0.3) is 34.2 Å². The van der Waals surface area contributed by atoms with Crippen LogP contribution in [0.2, 0.25) is 58.9 Å². The van der Waals surface area contributed by atoms with Crippen molar-refractivity contribution in [1.82, 2.24) is 29.9 Å². The summed E-state index contributed by atoms with van der Waals surface area (Å²) in [5, 5.41) is 7.00. The van der Waals surface area contributed by atoms with E-state index < -0.39 is 24.2 Å². The number of aliphatic hydroxyl groups excluding tert-OH is 1. The summed E-state index contributed by atoms with van der Waals surface area (Å²) in [6.07, 6.45) is 26.1. The van der Waals surface area contributed by atoms with E-state index in [4.69, 9.17) is 24.4 Å². The maximum atomic E-state index is 7.00. The Hall–Kier alpha value is -4.16. The molecule has 0 bridgehead atoms. The van der Waals surface area contributed by atoms with Crippen LogP contribution >= 0.6 is 31.9 Å². The molecule has 0 fully saturated rings. The second-order valence-electron chi connectivity index (χ2n) is 16.1. The predicted molar refractivity (Wildman–Crippen MR) is 274 cm³/mol. The third-order valence-corrected chi connectivity index (χ3v) is 10.8. The molecule has 0 saturated carbocycles. The van der Waals surface area contributed by atoms with Crippen LogP contribution in [0.3, 0.4) is 0 Å². The summed E-state index contributed by atoms with van der Waals surface area (Å²) in [6, 6.07) is 23.1. The maximum absolute atomic E-state index is 7.00. The molecule has 14 heteroatoms. The van der Waals surface area contributed by atoms with Crippen LogP contribution in [0.5, 0.6) is 0 Å². The van der Waals surface area contributed by atoms with Gasteiger partial charge in [0.15, 0.2) is 0 Å². The van der Waals surface area contributed by atoms with Gasteiger partial charge in [0.2, 0.25) is 0 Å². The molecule has 0 aliphatic carbocycles. The first-order chi connectivity index (χ1) is 29.3. The normalized spacial score (nSPS) is 9.72. The van der Waals surface area contributed by atoms with Crippen molar-refractivity contribution in [2.24, 2.45) is 0 Å². The topological polar surface area (TPSA) is 97.6 Å². The molecule has 0 aliphatic rings. The minimum Gasteiger partial charge on any atom is -1.00 e. The molecule has 6 aromatic rings. The molecule has 1 N–H and O–H groups in total. The molecular formula is C50H52Br2FKN6OSi3. The quantitative estimate of drug-likeness (QED) is 0.185. The van der Waals surface area contributed by atoms with Crippen LogP contribution in [-0.2, 0) is 0 Å². The molecule has 6 aromatic heterocycles. The molecule has 0 aromatic carbocycles. The van der Waals surface area contributed by atoms with Crippen molar-refractivity contribution in [3.05, 3.63) is 141 Å². The molecule has 0 atom stereocenters. The molecule has 322 valence electrons. The van der Waals surface area contributed by atoms with Gasteiger partial charge in [0.25, 0.3) is 0 Å². The molecule has 6 heterocycles. The maximum Gasteiger partial charge on any atom is 1.00 e. The zero-order chi connectivity index (χ0) is 46.3. The van der Waals surface area contributed by atoms with Crippen molar-refractivity contribution in [3.8, 4) is 93.7 Å². The minimum atomic E-state index is -1.36. The van der Waals surface area contributed by atoms with Crippen molar-refractivity contribution >= 4 is 56.1 Å². The number of hydrogen-bond donors (Lipinski definition) is 1. The SMILES string of the molecule is Brc1ccc(-c2ccc(Br)cn2)nc1.C#C[Si](C)(C)C.C#Cc1ccc(-c2ccc(C#C)cn2)nc1.CO.C[Si](C)(C)C#Cc1ccc(-c2ccc(C#C[Si](C)(C)C)cn2)nc1.[F-].[K+]. The summed E-state index contributed by atoms with van der Waals surface area (Å²) in [7, 11) is -2.82. The summed E-state index contributed by atoms with van der Waals surface area (Å²) in [5.74, 6) is 11.5. The van der Waals surface area contributed by atoms with Crippen LogP contribution in [0, 0.1) is 59.6 Å². The van der Waals surface area contributed by atoms with E-state index in [1.54, 1.807) is 24.8 Å². The van der Waals surface area contributed by atoms with Gasteiger partial charge in [0.1, 0.15) is 24.2 Å². The van der Waals surface area contributed by atoms with Crippen LogP contribution in [0.15, 0.2) is 119 Å². The number of halogens is 3. The van der Waals surface area contributed by atoms with Crippen LogP contribution in [0.1, 0.15) is 22.3 Å². The molecule has 6 rings (SSSR count). The minimum absolute atomic E-state index is 0. The zero-order valence-corrected chi connectivity index (χ0v) is 47.7. The first-order valence-electron chi connectivity index (χ1n) is 19.3. The fraction of sp³-hybridized carbons (Fsp3) is 0.200. The van der Waals surface area contributed by atoms with Crippen molar-refractivity contribution in [2.45, 2.75) is 58.9 Å². The van der Waals surface area contributed by atoms with Crippen molar-refractivity contribution in [2.75, 3.05) is 7.11 Å². The number of nitrogens with zero attached hydrogens (tertiary/aromatic N) is 6. The Morgan fingerprint density at radius 2 is 0.641 bits per heavy atom. The summed E-state index contributed by atoms with van der Waals surface area (Å²) in [4.78, 5) is 25.9. The number of rotatable bonds is 3. The molecule has 0 saturated heterocycles. The van der Waals surface area contributed by atoms with Gasteiger partial charge in [-0.25, -0.2) is 0 Å². The number of pyridine rings is 6.